The van der Waals surface area contributed by atoms with Crippen molar-refractivity contribution in [2.45, 2.75) is 13.5 Å². The molecular weight excluding hydrogens is 284 g/mol. The second-order valence-corrected chi connectivity index (χ2v) is 5.30. The van der Waals surface area contributed by atoms with Crippen molar-refractivity contribution in [3.63, 3.8) is 0 Å². The van der Waals surface area contributed by atoms with Crippen molar-refractivity contribution in [2.75, 3.05) is 13.7 Å². The maximum atomic E-state index is 12.5. The average molecular weight is 300 g/mol. The number of carbonyl (C=O) groups excluding carboxylic acids is 1. The van der Waals surface area contributed by atoms with Gasteiger partial charge in [-0.05, 0) is 24.6 Å². The molecule has 0 aliphatic rings. The van der Waals surface area contributed by atoms with E-state index in [-0.39, 0.29) is 12.5 Å². The molecule has 1 heterocycles. The second-order valence-electron chi connectivity index (χ2n) is 4.58. The minimum Gasteiger partial charge on any atom is -0.384 e. The third kappa shape index (κ3) is 3.69. The van der Waals surface area contributed by atoms with Crippen LogP contribution in [0.25, 0.3) is 0 Å². The van der Waals surface area contributed by atoms with E-state index in [1.165, 1.54) is 11.3 Å². The molecule has 0 spiro atoms. The molecule has 0 fully saturated rings. The third-order valence-corrected chi connectivity index (χ3v) is 3.73. The first kappa shape index (κ1) is 15.2. The third-order valence-electron chi connectivity index (χ3n) is 3.10. The molecule has 1 N–H and O–H groups in total. The number of carbonyl (C=O) groups is 1. The van der Waals surface area contributed by atoms with Gasteiger partial charge in [-0.25, -0.2) is 4.98 Å². The normalized spacial score (nSPS) is 9.86. The standard InChI is InChI=1S/C16H16N2O2S/c1-12-13(6-4-8-19)5-3-7-15(12)16(20)18(2)9-14-10-21-11-17-14/h3,5,7,10-11,19H,8-9H2,1-2H3. The number of aliphatic hydroxyl groups excluding tert-OH is 1. The fraction of sp³-hybridized carbons (Fsp3) is 0.250. The highest BCUT2D eigenvalue weighted by atomic mass is 32.1. The Morgan fingerprint density at radius 2 is 2.29 bits per heavy atom. The Bertz CT molecular complexity index is 684. The molecule has 0 radical (unpaired) electrons. The van der Waals surface area contributed by atoms with Crippen LogP contribution < -0.4 is 0 Å². The summed E-state index contributed by atoms with van der Waals surface area (Å²) in [6, 6.07) is 5.44. The zero-order valence-electron chi connectivity index (χ0n) is 12.0. The van der Waals surface area contributed by atoms with Gasteiger partial charge in [0.05, 0.1) is 17.7 Å². The van der Waals surface area contributed by atoms with E-state index in [2.05, 4.69) is 16.8 Å². The summed E-state index contributed by atoms with van der Waals surface area (Å²) in [5, 5.41) is 10.7. The summed E-state index contributed by atoms with van der Waals surface area (Å²) in [5.41, 5.74) is 4.84. The minimum atomic E-state index is -0.193. The summed E-state index contributed by atoms with van der Waals surface area (Å²) in [6.45, 7) is 2.15. The van der Waals surface area contributed by atoms with Crippen molar-refractivity contribution in [1.82, 2.24) is 9.88 Å². The van der Waals surface area contributed by atoms with Gasteiger partial charge in [0.15, 0.2) is 0 Å². The van der Waals surface area contributed by atoms with Gasteiger partial charge in [-0.1, -0.05) is 17.9 Å². The number of hydrogen-bond acceptors (Lipinski definition) is 4. The van der Waals surface area contributed by atoms with Gasteiger partial charge >= 0.3 is 0 Å². The maximum Gasteiger partial charge on any atom is 0.254 e. The Kier molecular flexibility index (Phi) is 5.09. The zero-order valence-corrected chi connectivity index (χ0v) is 12.8. The average Bonchev–Trinajstić information content (AvgIpc) is 2.98. The minimum absolute atomic E-state index is 0.0619. The van der Waals surface area contributed by atoms with Crippen LogP contribution in [-0.4, -0.2) is 34.6 Å². The van der Waals surface area contributed by atoms with Crippen LogP contribution in [0.5, 0.6) is 0 Å². The molecule has 0 saturated heterocycles. The Hall–Kier alpha value is -2.16. The molecule has 2 rings (SSSR count). The molecule has 0 bridgehead atoms. The van der Waals surface area contributed by atoms with E-state index in [0.29, 0.717) is 12.1 Å². The first-order chi connectivity index (χ1) is 10.1. The van der Waals surface area contributed by atoms with E-state index in [1.807, 2.05) is 18.4 Å². The van der Waals surface area contributed by atoms with Crippen LogP contribution in [-0.2, 0) is 6.54 Å². The number of amides is 1. The quantitative estimate of drug-likeness (QED) is 0.883. The highest BCUT2D eigenvalue weighted by Crippen LogP contribution is 2.16. The molecule has 0 aliphatic heterocycles. The molecular formula is C16H16N2O2S. The van der Waals surface area contributed by atoms with Crippen molar-refractivity contribution in [3.05, 3.63) is 51.5 Å². The number of nitrogens with zero attached hydrogens (tertiary/aromatic N) is 2. The lowest BCUT2D eigenvalue weighted by Crippen LogP contribution is -2.27. The topological polar surface area (TPSA) is 53.4 Å². The molecule has 1 amide bonds. The predicted molar refractivity (Wildman–Crippen MR) is 83.1 cm³/mol. The summed E-state index contributed by atoms with van der Waals surface area (Å²) < 4.78 is 0. The van der Waals surface area contributed by atoms with E-state index in [4.69, 9.17) is 5.11 Å². The van der Waals surface area contributed by atoms with Gasteiger partial charge in [-0.15, -0.1) is 11.3 Å². The molecule has 21 heavy (non-hydrogen) atoms. The van der Waals surface area contributed by atoms with Gasteiger partial charge in [0.1, 0.15) is 6.61 Å². The van der Waals surface area contributed by atoms with Crippen LogP contribution in [0, 0.1) is 18.8 Å². The highest BCUT2D eigenvalue weighted by molar-refractivity contribution is 7.07. The fourth-order valence-electron chi connectivity index (χ4n) is 1.97. The summed E-state index contributed by atoms with van der Waals surface area (Å²) in [7, 11) is 1.76. The van der Waals surface area contributed by atoms with Crippen molar-refractivity contribution in [2.24, 2.45) is 0 Å². The monoisotopic (exact) mass is 300 g/mol. The molecule has 108 valence electrons. The molecule has 0 atom stereocenters. The van der Waals surface area contributed by atoms with Crippen LogP contribution in [0.4, 0.5) is 0 Å². The summed E-state index contributed by atoms with van der Waals surface area (Å²) in [6.07, 6.45) is 0. The summed E-state index contributed by atoms with van der Waals surface area (Å²) in [5.74, 6) is 5.41. The Labute approximate surface area is 128 Å². The number of benzene rings is 1. The second kappa shape index (κ2) is 7.02. The van der Waals surface area contributed by atoms with Crippen LogP contribution in [0.15, 0.2) is 29.1 Å². The SMILES string of the molecule is Cc1c(C#CCO)cccc1C(=O)N(C)Cc1cscn1. The zero-order chi connectivity index (χ0) is 15.2. The van der Waals surface area contributed by atoms with Crippen molar-refractivity contribution in [3.8, 4) is 11.8 Å². The van der Waals surface area contributed by atoms with Gasteiger partial charge in [0.25, 0.3) is 5.91 Å². The Morgan fingerprint density at radius 3 is 2.95 bits per heavy atom. The smallest absolute Gasteiger partial charge is 0.254 e. The molecule has 0 aliphatic carbocycles. The number of aromatic nitrogens is 1. The number of hydrogen-bond donors (Lipinski definition) is 1. The molecule has 4 nitrogen and oxygen atoms in total. The number of aliphatic hydroxyl groups is 1. The lowest BCUT2D eigenvalue weighted by atomic mass is 10.0. The van der Waals surface area contributed by atoms with Crippen molar-refractivity contribution >= 4 is 17.2 Å². The molecule has 1 aromatic heterocycles. The lowest BCUT2D eigenvalue weighted by Gasteiger charge is -2.17. The maximum absolute atomic E-state index is 12.5. The number of rotatable bonds is 3. The molecule has 5 heteroatoms. The van der Waals surface area contributed by atoms with Gasteiger partial charge in [0.2, 0.25) is 0 Å². The van der Waals surface area contributed by atoms with Crippen LogP contribution >= 0.6 is 11.3 Å². The molecule has 2 aromatic rings. The van der Waals surface area contributed by atoms with Crippen molar-refractivity contribution in [1.29, 1.82) is 0 Å². The first-order valence-electron chi connectivity index (χ1n) is 6.45. The van der Waals surface area contributed by atoms with Gasteiger partial charge < -0.3 is 10.0 Å². The van der Waals surface area contributed by atoms with Gasteiger partial charge in [-0.3, -0.25) is 4.79 Å². The first-order valence-corrected chi connectivity index (χ1v) is 7.39. The summed E-state index contributed by atoms with van der Waals surface area (Å²) in [4.78, 5) is 18.3. The predicted octanol–water partition coefficient (Wildman–Crippen LogP) is 2.07. The van der Waals surface area contributed by atoms with Crippen LogP contribution in [0.2, 0.25) is 0 Å². The van der Waals surface area contributed by atoms with E-state index >= 15 is 0 Å². The Balaban J connectivity index is 2.22. The van der Waals surface area contributed by atoms with E-state index in [1.54, 1.807) is 29.6 Å². The van der Waals surface area contributed by atoms with E-state index in [0.717, 1.165) is 16.8 Å². The van der Waals surface area contributed by atoms with Crippen LogP contribution in [0.1, 0.15) is 27.2 Å². The Morgan fingerprint density at radius 1 is 1.48 bits per heavy atom. The highest BCUT2D eigenvalue weighted by Gasteiger charge is 2.16. The van der Waals surface area contributed by atoms with Crippen LogP contribution in [0.3, 0.4) is 0 Å². The number of thiazole rings is 1. The van der Waals surface area contributed by atoms with Gasteiger partial charge in [0, 0.05) is 23.6 Å². The lowest BCUT2D eigenvalue weighted by molar-refractivity contribution is 0.0783. The van der Waals surface area contributed by atoms with E-state index in [9.17, 15) is 4.79 Å². The van der Waals surface area contributed by atoms with E-state index < -0.39 is 0 Å². The summed E-state index contributed by atoms with van der Waals surface area (Å²) >= 11 is 1.51. The molecule has 0 saturated carbocycles. The fourth-order valence-corrected chi connectivity index (χ4v) is 2.52. The largest absolute Gasteiger partial charge is 0.384 e. The van der Waals surface area contributed by atoms with Crippen molar-refractivity contribution < 1.29 is 9.90 Å². The molecule has 1 aromatic carbocycles. The molecule has 0 unspecified atom stereocenters. The van der Waals surface area contributed by atoms with Gasteiger partial charge in [-0.2, -0.15) is 0 Å².